The van der Waals surface area contributed by atoms with Gasteiger partial charge in [-0.3, -0.25) is 9.59 Å². The third-order valence-corrected chi connectivity index (χ3v) is 4.50. The van der Waals surface area contributed by atoms with Gasteiger partial charge in [0, 0.05) is 26.3 Å². The number of nitrogens with zero attached hydrogens (tertiary/aromatic N) is 1. The highest BCUT2D eigenvalue weighted by Crippen LogP contribution is 2.34. The Morgan fingerprint density at radius 3 is 2.52 bits per heavy atom. The van der Waals surface area contributed by atoms with Gasteiger partial charge >= 0.3 is 0 Å². The van der Waals surface area contributed by atoms with Crippen LogP contribution < -0.4 is 10.1 Å². The average molecular weight is 348 g/mol. The van der Waals surface area contributed by atoms with Crippen LogP contribution in [0.15, 0.2) is 24.3 Å². The summed E-state index contributed by atoms with van der Waals surface area (Å²) in [7, 11) is 3.21. The minimum Gasteiger partial charge on any atom is -0.491 e. The van der Waals surface area contributed by atoms with Gasteiger partial charge in [0.05, 0.1) is 24.7 Å². The predicted molar refractivity (Wildman–Crippen MR) is 95.8 cm³/mol. The molecule has 1 fully saturated rings. The third-order valence-electron chi connectivity index (χ3n) is 4.50. The number of nitrogens with one attached hydrogen (secondary N) is 1. The van der Waals surface area contributed by atoms with Crippen LogP contribution in [-0.2, 0) is 9.53 Å². The van der Waals surface area contributed by atoms with Crippen LogP contribution in [0.4, 0.5) is 0 Å². The van der Waals surface area contributed by atoms with Crippen LogP contribution in [0.5, 0.6) is 5.75 Å². The lowest BCUT2D eigenvalue weighted by molar-refractivity contribution is -0.123. The molecule has 0 aromatic heterocycles. The van der Waals surface area contributed by atoms with Crippen LogP contribution in [0.1, 0.15) is 43.5 Å². The average Bonchev–Trinajstić information content (AvgIpc) is 2.97. The summed E-state index contributed by atoms with van der Waals surface area (Å²) in [6.45, 7) is 4.90. The normalized spacial score (nSPS) is 20.0. The smallest absolute Gasteiger partial charge is 0.254 e. The Balaban J connectivity index is 2.21. The fraction of sp³-hybridized carbons (Fsp3) is 0.579. The Morgan fingerprint density at radius 2 is 1.96 bits per heavy atom. The lowest BCUT2D eigenvalue weighted by Gasteiger charge is -2.37. The first-order valence-corrected chi connectivity index (χ1v) is 8.70. The summed E-state index contributed by atoms with van der Waals surface area (Å²) < 4.78 is 11.0. The van der Waals surface area contributed by atoms with E-state index in [2.05, 4.69) is 5.32 Å². The van der Waals surface area contributed by atoms with E-state index in [-0.39, 0.29) is 24.3 Å². The Labute approximate surface area is 149 Å². The van der Waals surface area contributed by atoms with Crippen molar-refractivity contribution in [3.63, 3.8) is 0 Å². The first kappa shape index (κ1) is 19.2. The Bertz CT molecular complexity index is 600. The summed E-state index contributed by atoms with van der Waals surface area (Å²) in [4.78, 5) is 26.8. The minimum absolute atomic E-state index is 0.0745. The van der Waals surface area contributed by atoms with Crippen LogP contribution in [-0.4, -0.2) is 55.7 Å². The molecule has 1 aromatic carbocycles. The molecule has 0 aliphatic carbocycles. The number of ether oxygens (including phenoxy) is 2. The lowest BCUT2D eigenvalue weighted by Crippen LogP contribution is -2.52. The molecule has 25 heavy (non-hydrogen) atoms. The number of amides is 2. The molecule has 2 rings (SSSR count). The molecule has 2 amide bonds. The molecular weight excluding hydrogens is 320 g/mol. The molecule has 1 heterocycles. The second-order valence-electron chi connectivity index (χ2n) is 6.76. The number of benzene rings is 1. The molecule has 1 atom stereocenters. The molecule has 6 heteroatoms. The van der Waals surface area contributed by atoms with Crippen molar-refractivity contribution in [3.05, 3.63) is 29.8 Å². The number of rotatable bonds is 7. The molecule has 0 saturated carbocycles. The number of likely N-dealkylation sites (tertiary alicyclic amines) is 1. The molecule has 0 bridgehead atoms. The number of hydrogen-bond donors (Lipinski definition) is 1. The Morgan fingerprint density at radius 1 is 1.28 bits per heavy atom. The molecule has 138 valence electrons. The molecular formula is C19H28N2O4. The lowest BCUT2D eigenvalue weighted by atomic mass is 9.91. The van der Waals surface area contributed by atoms with Crippen molar-refractivity contribution in [2.45, 2.75) is 44.8 Å². The van der Waals surface area contributed by atoms with Crippen LogP contribution in [0.2, 0.25) is 0 Å². The van der Waals surface area contributed by atoms with Gasteiger partial charge in [0.25, 0.3) is 5.91 Å². The van der Waals surface area contributed by atoms with Crippen molar-refractivity contribution in [2.75, 3.05) is 27.3 Å². The number of carbonyl (C=O) groups is 2. The molecule has 6 nitrogen and oxygen atoms in total. The second kappa shape index (κ2) is 8.34. The van der Waals surface area contributed by atoms with Crippen molar-refractivity contribution in [3.8, 4) is 5.75 Å². The van der Waals surface area contributed by atoms with E-state index in [0.717, 1.165) is 18.6 Å². The van der Waals surface area contributed by atoms with Gasteiger partial charge < -0.3 is 19.7 Å². The zero-order chi connectivity index (χ0) is 18.4. The SMILES string of the molecule is CNC(=O)C[C@]1(COC)CCCN1C(=O)c1ccc(OC(C)C)cc1. The first-order valence-electron chi connectivity index (χ1n) is 8.70. The van der Waals surface area contributed by atoms with E-state index in [4.69, 9.17) is 9.47 Å². The molecule has 1 aliphatic heterocycles. The maximum absolute atomic E-state index is 13.0. The molecule has 1 saturated heterocycles. The van der Waals surface area contributed by atoms with Gasteiger partial charge in [0.1, 0.15) is 5.75 Å². The zero-order valence-electron chi connectivity index (χ0n) is 15.5. The predicted octanol–water partition coefficient (Wildman–Crippen LogP) is 2.23. The van der Waals surface area contributed by atoms with Gasteiger partial charge in [0.15, 0.2) is 0 Å². The molecule has 1 aliphatic rings. The number of carbonyl (C=O) groups excluding carboxylic acids is 2. The highest BCUT2D eigenvalue weighted by Gasteiger charge is 2.45. The van der Waals surface area contributed by atoms with Crippen molar-refractivity contribution in [1.82, 2.24) is 10.2 Å². The summed E-state index contributed by atoms with van der Waals surface area (Å²) in [5.41, 5.74) is 0.00866. The van der Waals surface area contributed by atoms with Gasteiger partial charge in [-0.1, -0.05) is 0 Å². The highest BCUT2D eigenvalue weighted by atomic mass is 16.5. The van der Waals surface area contributed by atoms with Gasteiger partial charge in [0.2, 0.25) is 5.91 Å². The van der Waals surface area contributed by atoms with Gasteiger partial charge in [-0.15, -0.1) is 0 Å². The van der Waals surface area contributed by atoms with E-state index in [9.17, 15) is 9.59 Å². The summed E-state index contributed by atoms with van der Waals surface area (Å²) in [5, 5.41) is 2.65. The highest BCUT2D eigenvalue weighted by molar-refractivity contribution is 5.95. The second-order valence-corrected chi connectivity index (χ2v) is 6.76. The number of methoxy groups -OCH3 is 1. The fourth-order valence-corrected chi connectivity index (χ4v) is 3.40. The maximum Gasteiger partial charge on any atom is 0.254 e. The standard InChI is InChI=1S/C19H28N2O4/c1-14(2)25-16-8-6-15(7-9-16)18(23)21-11-5-10-19(21,13-24-4)12-17(22)20-3/h6-9,14H,5,10-13H2,1-4H3,(H,20,22)/t19-/m0/s1. The zero-order valence-corrected chi connectivity index (χ0v) is 15.5. The summed E-state index contributed by atoms with van der Waals surface area (Å²) in [6, 6.07) is 7.16. The quantitative estimate of drug-likeness (QED) is 0.820. The monoisotopic (exact) mass is 348 g/mol. The van der Waals surface area contributed by atoms with E-state index < -0.39 is 5.54 Å². The largest absolute Gasteiger partial charge is 0.491 e. The van der Waals surface area contributed by atoms with Crippen LogP contribution in [0, 0.1) is 0 Å². The molecule has 0 radical (unpaired) electrons. The Hall–Kier alpha value is -2.08. The third kappa shape index (κ3) is 4.51. The van der Waals surface area contributed by atoms with Gasteiger partial charge in [-0.2, -0.15) is 0 Å². The van der Waals surface area contributed by atoms with Crippen LogP contribution in [0.3, 0.4) is 0 Å². The van der Waals surface area contributed by atoms with E-state index in [1.54, 1.807) is 43.3 Å². The van der Waals surface area contributed by atoms with Crippen molar-refractivity contribution in [1.29, 1.82) is 0 Å². The van der Waals surface area contributed by atoms with Crippen molar-refractivity contribution < 1.29 is 19.1 Å². The van der Waals surface area contributed by atoms with E-state index >= 15 is 0 Å². The van der Waals surface area contributed by atoms with E-state index in [0.29, 0.717) is 18.7 Å². The van der Waals surface area contributed by atoms with Crippen molar-refractivity contribution >= 4 is 11.8 Å². The Kier molecular flexibility index (Phi) is 6.42. The summed E-state index contributed by atoms with van der Waals surface area (Å²) >= 11 is 0. The van der Waals surface area contributed by atoms with Crippen LogP contribution in [0.25, 0.3) is 0 Å². The fourth-order valence-electron chi connectivity index (χ4n) is 3.40. The molecule has 0 spiro atoms. The molecule has 0 unspecified atom stereocenters. The van der Waals surface area contributed by atoms with E-state index in [1.807, 2.05) is 13.8 Å². The molecule has 1 aromatic rings. The topological polar surface area (TPSA) is 67.9 Å². The van der Waals surface area contributed by atoms with Crippen molar-refractivity contribution in [2.24, 2.45) is 0 Å². The number of hydrogen-bond acceptors (Lipinski definition) is 4. The van der Waals surface area contributed by atoms with Crippen LogP contribution >= 0.6 is 0 Å². The minimum atomic E-state index is -0.584. The van der Waals surface area contributed by atoms with E-state index in [1.165, 1.54) is 0 Å². The summed E-state index contributed by atoms with van der Waals surface area (Å²) in [6.07, 6.45) is 1.95. The maximum atomic E-state index is 13.0. The van der Waals surface area contributed by atoms with Gasteiger partial charge in [-0.25, -0.2) is 0 Å². The summed E-state index contributed by atoms with van der Waals surface area (Å²) in [5.74, 6) is 0.577. The van der Waals surface area contributed by atoms with Gasteiger partial charge in [-0.05, 0) is 51.0 Å². The first-order chi connectivity index (χ1) is 11.9. The molecule has 1 N–H and O–H groups in total.